The van der Waals surface area contributed by atoms with Gasteiger partial charge in [0.1, 0.15) is 5.82 Å². The molecule has 2 aromatic rings. The average molecular weight is 353 g/mol. The molecule has 3 rings (SSSR count). The molecule has 2 heterocycles. The number of benzene rings is 1. The zero-order valence-electron chi connectivity index (χ0n) is 15.6. The molecule has 0 spiro atoms. The first-order valence-corrected chi connectivity index (χ1v) is 9.31. The van der Waals surface area contributed by atoms with E-state index in [2.05, 4.69) is 34.9 Å². The summed E-state index contributed by atoms with van der Waals surface area (Å²) in [6.07, 6.45) is 3.18. The van der Waals surface area contributed by atoms with Crippen LogP contribution in [-0.2, 0) is 4.79 Å². The van der Waals surface area contributed by atoms with Crippen LogP contribution in [0.5, 0.6) is 0 Å². The van der Waals surface area contributed by atoms with Gasteiger partial charge in [-0.05, 0) is 6.42 Å². The van der Waals surface area contributed by atoms with Crippen molar-refractivity contribution in [2.45, 2.75) is 19.8 Å². The predicted octanol–water partition coefficient (Wildman–Crippen LogP) is 2.66. The van der Waals surface area contributed by atoms with Crippen molar-refractivity contribution >= 4 is 18.2 Å². The third-order valence-electron chi connectivity index (χ3n) is 4.75. The molecule has 0 atom stereocenters. The van der Waals surface area contributed by atoms with Crippen LogP contribution >= 0.6 is 0 Å². The van der Waals surface area contributed by atoms with E-state index in [1.807, 2.05) is 30.1 Å². The van der Waals surface area contributed by atoms with Crippen molar-refractivity contribution in [3.63, 3.8) is 0 Å². The fourth-order valence-corrected chi connectivity index (χ4v) is 3.06. The molecule has 0 bridgehead atoms. The summed E-state index contributed by atoms with van der Waals surface area (Å²) in [5.41, 5.74) is 2.03. The van der Waals surface area contributed by atoms with Crippen molar-refractivity contribution in [3.8, 4) is 11.3 Å². The van der Waals surface area contributed by atoms with Gasteiger partial charge in [-0.25, -0.2) is 4.98 Å². The quantitative estimate of drug-likeness (QED) is 0.716. The van der Waals surface area contributed by atoms with Crippen LogP contribution in [0.2, 0.25) is 0 Å². The largest absolute Gasteiger partial charge is 0.353 e. The molecule has 26 heavy (non-hydrogen) atoms. The molecule has 1 amide bonds. The Kier molecular flexibility index (Phi) is 6.04. The summed E-state index contributed by atoms with van der Waals surface area (Å²) in [6, 6.07) is 12.3. The van der Waals surface area contributed by atoms with E-state index in [0.717, 1.165) is 75.0 Å². The Labute approximate surface area is 155 Å². The number of rotatable bonds is 7. The second-order valence-electron chi connectivity index (χ2n) is 6.68. The molecule has 1 aromatic heterocycles. The zero-order valence-corrected chi connectivity index (χ0v) is 15.6. The summed E-state index contributed by atoms with van der Waals surface area (Å²) in [6.45, 7) is 6.18. The van der Waals surface area contributed by atoms with Crippen molar-refractivity contribution < 1.29 is 4.79 Å². The number of hydrogen-bond donors (Lipinski definition) is 0. The number of carbonyl (C=O) groups is 1. The van der Waals surface area contributed by atoms with Gasteiger partial charge in [0.15, 0.2) is 0 Å². The smallest absolute Gasteiger partial charge is 0.227 e. The minimum absolute atomic E-state index is 0.731. The molecule has 0 N–H and O–H groups in total. The molecule has 1 aromatic carbocycles. The number of hydrogen-bond acceptors (Lipinski definition) is 5. The third kappa shape index (κ3) is 4.31. The highest BCUT2D eigenvalue weighted by Gasteiger charge is 2.19. The lowest BCUT2D eigenvalue weighted by molar-refractivity contribution is -0.118. The normalized spacial score (nSPS) is 14.4. The number of unbranched alkanes of at least 4 members (excludes halogenated alkanes) is 1. The molecule has 1 fully saturated rings. The molecule has 0 radical (unpaired) electrons. The van der Waals surface area contributed by atoms with Crippen LogP contribution in [-0.4, -0.2) is 61.0 Å². The number of carbonyl (C=O) groups excluding carboxylic acids is 1. The number of anilines is 2. The van der Waals surface area contributed by atoms with Gasteiger partial charge in [0.25, 0.3) is 0 Å². The molecule has 6 nitrogen and oxygen atoms in total. The van der Waals surface area contributed by atoms with Crippen LogP contribution < -0.4 is 9.80 Å². The summed E-state index contributed by atoms with van der Waals surface area (Å²) in [5.74, 6) is 1.69. The fourth-order valence-electron chi connectivity index (χ4n) is 3.06. The molecule has 0 aliphatic carbocycles. The lowest BCUT2D eigenvalue weighted by Gasteiger charge is -2.34. The minimum Gasteiger partial charge on any atom is -0.353 e. The summed E-state index contributed by atoms with van der Waals surface area (Å²) in [4.78, 5) is 26.8. The van der Waals surface area contributed by atoms with Crippen molar-refractivity contribution in [1.82, 2.24) is 14.9 Å². The molecule has 0 saturated carbocycles. The Morgan fingerprint density at radius 2 is 1.85 bits per heavy atom. The Balaban J connectivity index is 1.91. The Morgan fingerprint density at radius 3 is 2.50 bits per heavy atom. The van der Waals surface area contributed by atoms with Crippen LogP contribution in [0.15, 0.2) is 36.4 Å². The van der Waals surface area contributed by atoms with Gasteiger partial charge >= 0.3 is 0 Å². The van der Waals surface area contributed by atoms with E-state index >= 15 is 0 Å². The van der Waals surface area contributed by atoms with Gasteiger partial charge in [0, 0.05) is 51.4 Å². The number of amides is 1. The van der Waals surface area contributed by atoms with Crippen molar-refractivity contribution in [1.29, 1.82) is 0 Å². The molecule has 138 valence electrons. The van der Waals surface area contributed by atoms with Crippen LogP contribution in [0.25, 0.3) is 11.3 Å². The summed E-state index contributed by atoms with van der Waals surface area (Å²) in [5, 5.41) is 0. The van der Waals surface area contributed by atoms with Gasteiger partial charge in [-0.3, -0.25) is 4.79 Å². The lowest BCUT2D eigenvalue weighted by Crippen LogP contribution is -2.46. The van der Waals surface area contributed by atoms with E-state index in [1.54, 1.807) is 0 Å². The Hall–Kier alpha value is -2.63. The minimum atomic E-state index is 0.731. The molecule has 1 saturated heterocycles. The van der Waals surface area contributed by atoms with Crippen LogP contribution in [0.1, 0.15) is 19.8 Å². The second-order valence-corrected chi connectivity index (χ2v) is 6.68. The molecule has 1 aliphatic rings. The molecule has 0 unspecified atom stereocenters. The first-order chi connectivity index (χ1) is 12.7. The van der Waals surface area contributed by atoms with Gasteiger partial charge in [-0.2, -0.15) is 4.98 Å². The maximum absolute atomic E-state index is 11.0. The summed E-state index contributed by atoms with van der Waals surface area (Å²) < 4.78 is 0. The Morgan fingerprint density at radius 1 is 1.12 bits per heavy atom. The van der Waals surface area contributed by atoms with E-state index in [-0.39, 0.29) is 0 Å². The third-order valence-corrected chi connectivity index (χ3v) is 4.75. The SMILES string of the molecule is CCCCN(C)c1nc(-c2ccccc2)cc(N2CCN(C=O)CC2)n1. The first kappa shape index (κ1) is 18.2. The monoisotopic (exact) mass is 353 g/mol. The van der Waals surface area contributed by atoms with Gasteiger partial charge in [-0.1, -0.05) is 43.7 Å². The molecular formula is C20H27N5O. The number of nitrogens with zero attached hydrogens (tertiary/aromatic N) is 5. The van der Waals surface area contributed by atoms with Crippen molar-refractivity contribution in [3.05, 3.63) is 36.4 Å². The van der Waals surface area contributed by atoms with Gasteiger partial charge in [-0.15, -0.1) is 0 Å². The number of aromatic nitrogens is 2. The van der Waals surface area contributed by atoms with E-state index in [9.17, 15) is 4.79 Å². The molecule has 6 heteroatoms. The van der Waals surface area contributed by atoms with Crippen molar-refractivity contribution in [2.24, 2.45) is 0 Å². The van der Waals surface area contributed by atoms with E-state index < -0.39 is 0 Å². The van der Waals surface area contributed by atoms with Gasteiger partial charge in [0.05, 0.1) is 5.69 Å². The summed E-state index contributed by atoms with van der Waals surface area (Å²) in [7, 11) is 2.05. The maximum atomic E-state index is 11.0. The predicted molar refractivity (Wildman–Crippen MR) is 105 cm³/mol. The van der Waals surface area contributed by atoms with Crippen molar-refractivity contribution in [2.75, 3.05) is 49.6 Å². The van der Waals surface area contributed by atoms with E-state index in [4.69, 9.17) is 9.97 Å². The lowest BCUT2D eigenvalue weighted by atomic mass is 10.1. The topological polar surface area (TPSA) is 52.6 Å². The standard InChI is InChI=1S/C20H27N5O/c1-3-4-10-23(2)20-21-18(17-8-6-5-7-9-17)15-19(22-20)25-13-11-24(16-26)12-14-25/h5-9,15-16H,3-4,10-14H2,1-2H3. The highest BCUT2D eigenvalue weighted by atomic mass is 16.1. The van der Waals surface area contributed by atoms with E-state index in [1.165, 1.54) is 0 Å². The second kappa shape index (κ2) is 8.65. The maximum Gasteiger partial charge on any atom is 0.227 e. The fraction of sp³-hybridized carbons (Fsp3) is 0.450. The van der Waals surface area contributed by atoms with Crippen LogP contribution in [0.4, 0.5) is 11.8 Å². The van der Waals surface area contributed by atoms with E-state index in [0.29, 0.717) is 0 Å². The summed E-state index contributed by atoms with van der Waals surface area (Å²) >= 11 is 0. The zero-order chi connectivity index (χ0) is 18.4. The Bertz CT molecular complexity index is 713. The number of piperazine rings is 1. The van der Waals surface area contributed by atoms with Gasteiger partial charge < -0.3 is 14.7 Å². The average Bonchev–Trinajstić information content (AvgIpc) is 2.72. The molecule has 1 aliphatic heterocycles. The highest BCUT2D eigenvalue weighted by molar-refractivity contribution is 5.65. The molecular weight excluding hydrogens is 326 g/mol. The van der Waals surface area contributed by atoms with Crippen LogP contribution in [0, 0.1) is 0 Å². The van der Waals surface area contributed by atoms with Gasteiger partial charge in [0.2, 0.25) is 12.4 Å². The first-order valence-electron chi connectivity index (χ1n) is 9.31. The highest BCUT2D eigenvalue weighted by Crippen LogP contribution is 2.25. The van der Waals surface area contributed by atoms with Crippen LogP contribution in [0.3, 0.4) is 0 Å².